The van der Waals surface area contributed by atoms with Crippen LogP contribution >= 0.6 is 0 Å². The second-order valence-corrected chi connectivity index (χ2v) is 5.31. The molecular weight excluding hydrogens is 264 g/mol. The number of methoxy groups -OCH3 is 1. The lowest BCUT2D eigenvalue weighted by atomic mass is 10.7. The Bertz CT molecular complexity index is 497. The van der Waals surface area contributed by atoms with Crippen molar-refractivity contribution < 1.29 is 18.1 Å². The van der Waals surface area contributed by atoms with E-state index < -0.39 is 14.9 Å². The Hall–Kier alpha value is -1.52. The van der Waals surface area contributed by atoms with Crippen LogP contribution in [0.5, 0.6) is 0 Å². The summed E-state index contributed by atoms with van der Waals surface area (Å²) in [6, 6.07) is 0. The molecule has 0 aliphatic carbocycles. The molecule has 0 amide bonds. The Kier molecular flexibility index (Phi) is 5.19. The van der Waals surface area contributed by atoms with Crippen LogP contribution in [-0.4, -0.2) is 48.9 Å². The van der Waals surface area contributed by atoms with Crippen LogP contribution in [0.3, 0.4) is 0 Å². The lowest BCUT2D eigenvalue weighted by Gasteiger charge is -2.05. The zero-order chi connectivity index (χ0) is 13.6. The fourth-order valence-electron chi connectivity index (χ4n) is 1.24. The molecule has 1 aromatic rings. The molecule has 0 saturated heterocycles. The molecule has 0 saturated carbocycles. The zero-order valence-corrected chi connectivity index (χ0v) is 10.6. The van der Waals surface area contributed by atoms with Crippen molar-refractivity contribution in [1.29, 1.82) is 0 Å². The van der Waals surface area contributed by atoms with E-state index in [1.807, 2.05) is 0 Å². The van der Waals surface area contributed by atoms with Crippen LogP contribution in [0.1, 0.15) is 0 Å². The molecule has 9 nitrogen and oxygen atoms in total. The molecule has 0 spiro atoms. The number of rotatable bonds is 8. The van der Waals surface area contributed by atoms with Gasteiger partial charge in [0, 0.05) is 13.7 Å². The number of hydrogen-bond donors (Lipinski definition) is 1. The number of aromatic nitrogens is 2. The molecule has 0 aromatic carbocycles. The van der Waals surface area contributed by atoms with Crippen LogP contribution in [0.4, 0.5) is 5.95 Å². The monoisotopic (exact) mass is 278 g/mol. The molecule has 10 heteroatoms. The van der Waals surface area contributed by atoms with Crippen LogP contribution in [0.15, 0.2) is 12.4 Å². The van der Waals surface area contributed by atoms with Crippen molar-refractivity contribution in [3.8, 4) is 0 Å². The maximum atomic E-state index is 11.5. The second kappa shape index (κ2) is 6.42. The minimum Gasteiger partial charge on any atom is -0.390 e. The highest BCUT2D eigenvalue weighted by molar-refractivity contribution is 7.89. The van der Waals surface area contributed by atoms with E-state index in [0.29, 0.717) is 0 Å². The number of ether oxygens (including phenoxy) is 1. The molecule has 1 heterocycles. The summed E-state index contributed by atoms with van der Waals surface area (Å²) < 4.78 is 31.2. The number of aryl methyl sites for hydroxylation is 1. The van der Waals surface area contributed by atoms with Crippen molar-refractivity contribution in [2.24, 2.45) is 0 Å². The van der Waals surface area contributed by atoms with Crippen molar-refractivity contribution in [1.82, 2.24) is 14.3 Å². The van der Waals surface area contributed by atoms with Crippen LogP contribution in [0, 0.1) is 10.1 Å². The average Bonchev–Trinajstić information content (AvgIpc) is 2.75. The van der Waals surface area contributed by atoms with Crippen molar-refractivity contribution in [3.05, 3.63) is 22.5 Å². The fourth-order valence-corrected chi connectivity index (χ4v) is 2.21. The Balaban J connectivity index is 2.54. The SMILES string of the molecule is COCCNS(=O)(=O)CCn1ccnc1[N+](=O)[O-]. The quantitative estimate of drug-likeness (QED) is 0.384. The van der Waals surface area contributed by atoms with Crippen LogP contribution in [0.25, 0.3) is 0 Å². The first-order valence-corrected chi connectivity index (χ1v) is 6.73. The summed E-state index contributed by atoms with van der Waals surface area (Å²) in [5.74, 6) is -0.629. The van der Waals surface area contributed by atoms with Gasteiger partial charge in [-0.1, -0.05) is 4.98 Å². The predicted octanol–water partition coefficient (Wildman–Crippen LogP) is -0.643. The molecular formula is C8H14N4O5S. The largest absolute Gasteiger partial charge is 0.434 e. The maximum Gasteiger partial charge on any atom is 0.434 e. The van der Waals surface area contributed by atoms with E-state index in [0.717, 1.165) is 0 Å². The van der Waals surface area contributed by atoms with Crippen molar-refractivity contribution in [2.45, 2.75) is 6.54 Å². The first-order valence-electron chi connectivity index (χ1n) is 5.08. The van der Waals surface area contributed by atoms with Gasteiger partial charge in [-0.25, -0.2) is 17.7 Å². The van der Waals surface area contributed by atoms with Crippen LogP contribution in [0.2, 0.25) is 0 Å². The first kappa shape index (κ1) is 14.5. The Morgan fingerprint density at radius 2 is 2.33 bits per heavy atom. The van der Waals surface area contributed by atoms with E-state index in [-0.39, 0.29) is 31.4 Å². The van der Waals surface area contributed by atoms with Crippen LogP contribution in [-0.2, 0) is 21.3 Å². The van der Waals surface area contributed by atoms with Gasteiger partial charge in [0.2, 0.25) is 10.0 Å². The highest BCUT2D eigenvalue weighted by atomic mass is 32.2. The summed E-state index contributed by atoms with van der Waals surface area (Å²) in [5.41, 5.74) is 0. The van der Waals surface area contributed by atoms with E-state index in [2.05, 4.69) is 9.71 Å². The Morgan fingerprint density at radius 3 is 2.94 bits per heavy atom. The highest BCUT2D eigenvalue weighted by Gasteiger charge is 2.17. The smallest absolute Gasteiger partial charge is 0.390 e. The van der Waals surface area contributed by atoms with Gasteiger partial charge in [-0.05, 0) is 4.92 Å². The van der Waals surface area contributed by atoms with Crippen molar-refractivity contribution >= 4 is 16.0 Å². The zero-order valence-electron chi connectivity index (χ0n) is 9.77. The number of hydrogen-bond acceptors (Lipinski definition) is 6. The van der Waals surface area contributed by atoms with Crippen LogP contribution < -0.4 is 4.72 Å². The molecule has 0 radical (unpaired) electrons. The lowest BCUT2D eigenvalue weighted by molar-refractivity contribution is -0.396. The third kappa shape index (κ3) is 4.39. The summed E-state index contributed by atoms with van der Waals surface area (Å²) in [4.78, 5) is 13.4. The predicted molar refractivity (Wildman–Crippen MR) is 62.5 cm³/mol. The van der Waals surface area contributed by atoms with Gasteiger partial charge in [0.15, 0.2) is 0 Å². The number of nitrogens with zero attached hydrogens (tertiary/aromatic N) is 3. The topological polar surface area (TPSA) is 116 Å². The lowest BCUT2D eigenvalue weighted by Crippen LogP contribution is -2.31. The van der Waals surface area contributed by atoms with E-state index in [1.54, 1.807) is 0 Å². The average molecular weight is 278 g/mol. The van der Waals surface area contributed by atoms with Gasteiger partial charge in [-0.15, -0.1) is 0 Å². The minimum absolute atomic E-state index is 0.0291. The van der Waals surface area contributed by atoms with E-state index in [9.17, 15) is 18.5 Å². The van der Waals surface area contributed by atoms with Gasteiger partial charge in [0.25, 0.3) is 0 Å². The van der Waals surface area contributed by atoms with Gasteiger partial charge in [-0.2, -0.15) is 0 Å². The molecule has 102 valence electrons. The van der Waals surface area contributed by atoms with Crippen molar-refractivity contribution in [3.63, 3.8) is 0 Å². The van der Waals surface area contributed by atoms with Gasteiger partial charge in [0.1, 0.15) is 12.4 Å². The Morgan fingerprint density at radius 1 is 1.61 bits per heavy atom. The fraction of sp³-hybridized carbons (Fsp3) is 0.625. The molecule has 0 fully saturated rings. The summed E-state index contributed by atoms with van der Waals surface area (Å²) >= 11 is 0. The van der Waals surface area contributed by atoms with Gasteiger partial charge >= 0.3 is 5.95 Å². The van der Waals surface area contributed by atoms with E-state index in [4.69, 9.17) is 4.74 Å². The molecule has 0 aliphatic heterocycles. The number of imidazole rings is 1. The number of nitro groups is 1. The van der Waals surface area contributed by atoms with E-state index >= 15 is 0 Å². The van der Waals surface area contributed by atoms with Gasteiger partial charge in [-0.3, -0.25) is 0 Å². The molecule has 18 heavy (non-hydrogen) atoms. The third-order valence-electron chi connectivity index (χ3n) is 2.09. The number of sulfonamides is 1. The maximum absolute atomic E-state index is 11.5. The number of nitrogens with one attached hydrogen (secondary N) is 1. The second-order valence-electron chi connectivity index (χ2n) is 3.38. The normalized spacial score (nSPS) is 11.6. The summed E-state index contributed by atoms with van der Waals surface area (Å²) in [6.45, 7) is 0.411. The summed E-state index contributed by atoms with van der Waals surface area (Å²) in [5, 5.41) is 10.6. The van der Waals surface area contributed by atoms with Gasteiger partial charge < -0.3 is 14.9 Å². The molecule has 0 bridgehead atoms. The molecule has 0 aliphatic rings. The summed E-state index contributed by atoms with van der Waals surface area (Å²) in [7, 11) is -2.01. The summed E-state index contributed by atoms with van der Waals surface area (Å²) in [6.07, 6.45) is 2.62. The molecule has 0 unspecified atom stereocenters. The minimum atomic E-state index is -3.47. The Labute approximate surface area is 104 Å². The third-order valence-corrected chi connectivity index (χ3v) is 3.45. The molecule has 1 aromatic heterocycles. The molecule has 1 N–H and O–H groups in total. The highest BCUT2D eigenvalue weighted by Crippen LogP contribution is 2.07. The van der Waals surface area contributed by atoms with Crippen molar-refractivity contribution in [2.75, 3.05) is 26.0 Å². The standard InChI is InChI=1S/C8H14N4O5S/c1-17-6-3-10-18(15,16)7-5-11-4-2-9-8(11)12(13)14/h2,4,10H,3,5-7H2,1H3. The first-order chi connectivity index (χ1) is 8.46. The molecule has 0 atom stereocenters. The molecule has 1 rings (SSSR count). The van der Waals surface area contributed by atoms with E-state index in [1.165, 1.54) is 24.1 Å². The van der Waals surface area contributed by atoms with Gasteiger partial charge in [0.05, 0.1) is 18.9 Å².